The minimum Gasteiger partial charge on any atom is -0.310 e. The van der Waals surface area contributed by atoms with Crippen LogP contribution in [-0.4, -0.2) is 4.57 Å². The van der Waals surface area contributed by atoms with E-state index < -0.39 is 0 Å². The average Bonchev–Trinajstić information content (AvgIpc) is 3.55. The number of rotatable bonds is 6. The molecule has 1 aromatic heterocycles. The number of fused-ring (bicyclic) bond motifs is 5. The number of aromatic nitrogens is 1. The van der Waals surface area contributed by atoms with Gasteiger partial charge in [0.05, 0.1) is 11.0 Å². The largest absolute Gasteiger partial charge is 0.310 e. The van der Waals surface area contributed by atoms with Crippen LogP contribution < -0.4 is 4.90 Å². The Morgan fingerprint density at radius 2 is 0.830 bits per heavy atom. The number of para-hydroxylation sites is 3. The number of hydrogen-bond donors (Lipinski definition) is 0. The molecule has 0 aliphatic rings. The van der Waals surface area contributed by atoms with Crippen molar-refractivity contribution < 1.29 is 0 Å². The molecule has 250 valence electrons. The van der Waals surface area contributed by atoms with E-state index in [1.165, 1.54) is 65.6 Å². The van der Waals surface area contributed by atoms with E-state index >= 15 is 0 Å². The van der Waals surface area contributed by atoms with E-state index in [1.807, 2.05) is 0 Å². The lowest BCUT2D eigenvalue weighted by molar-refractivity contribution is 1.18. The van der Waals surface area contributed by atoms with Crippen molar-refractivity contribution in [2.24, 2.45) is 0 Å². The molecule has 53 heavy (non-hydrogen) atoms. The molecule has 3 heteroatoms. The molecule has 0 bridgehead atoms. The minimum absolute atomic E-state index is 1.07. The van der Waals surface area contributed by atoms with Gasteiger partial charge in [0.15, 0.2) is 0 Å². The molecule has 0 fully saturated rings. The molecule has 0 atom stereocenters. The highest BCUT2D eigenvalue weighted by Crippen LogP contribution is 2.47. The van der Waals surface area contributed by atoms with Crippen LogP contribution in [0, 0.1) is 0 Å². The van der Waals surface area contributed by atoms with Gasteiger partial charge in [-0.3, -0.25) is 0 Å². The molecule has 2 nitrogen and oxygen atoms in total. The van der Waals surface area contributed by atoms with Gasteiger partial charge in [-0.05, 0) is 117 Å². The molecule has 0 saturated carbocycles. The Bertz CT molecular complexity index is 2930. The summed E-state index contributed by atoms with van der Waals surface area (Å²) >= 11 is 3.81. The van der Waals surface area contributed by atoms with Gasteiger partial charge in [0, 0.05) is 38.0 Å². The van der Waals surface area contributed by atoms with Gasteiger partial charge < -0.3 is 9.47 Å². The van der Waals surface area contributed by atoms with E-state index in [0.717, 1.165) is 27.2 Å². The van der Waals surface area contributed by atoms with Gasteiger partial charge in [-0.1, -0.05) is 143 Å². The average molecular weight is 742 g/mol. The van der Waals surface area contributed by atoms with Crippen LogP contribution in [0.4, 0.5) is 17.1 Å². The van der Waals surface area contributed by atoms with Crippen molar-refractivity contribution in [3.8, 4) is 27.9 Å². The summed E-state index contributed by atoms with van der Waals surface area (Å²) < 4.78 is 3.44. The molecule has 10 aromatic rings. The first-order valence-corrected chi connectivity index (χ1v) is 18.8. The molecule has 0 amide bonds. The molecule has 0 aliphatic heterocycles. The third kappa shape index (κ3) is 5.32. The molecule has 1 heterocycles. The smallest absolute Gasteiger partial charge is 0.0542 e. The van der Waals surface area contributed by atoms with Gasteiger partial charge in [-0.2, -0.15) is 0 Å². The van der Waals surface area contributed by atoms with Gasteiger partial charge in [-0.25, -0.2) is 0 Å². The molecule has 0 unspecified atom stereocenters. The summed E-state index contributed by atoms with van der Waals surface area (Å²) in [6.45, 7) is 0. The first-order chi connectivity index (χ1) is 26.2. The maximum absolute atomic E-state index is 3.81. The van der Waals surface area contributed by atoms with Gasteiger partial charge in [0.1, 0.15) is 0 Å². The normalized spacial score (nSPS) is 11.5. The highest BCUT2D eigenvalue weighted by Gasteiger charge is 2.21. The Hall–Kier alpha value is -6.42. The van der Waals surface area contributed by atoms with Crippen LogP contribution in [-0.2, 0) is 0 Å². The Balaban J connectivity index is 1.27. The second-order valence-electron chi connectivity index (χ2n) is 13.5. The third-order valence-corrected chi connectivity index (χ3v) is 10.9. The lowest BCUT2D eigenvalue weighted by Crippen LogP contribution is -2.10. The van der Waals surface area contributed by atoms with Crippen LogP contribution >= 0.6 is 15.9 Å². The fraction of sp³-hybridized carbons (Fsp3) is 0. The van der Waals surface area contributed by atoms with Crippen molar-refractivity contribution in [2.75, 3.05) is 4.90 Å². The number of benzene rings is 9. The quantitative estimate of drug-likeness (QED) is 0.154. The molecule has 10 rings (SSSR count). The van der Waals surface area contributed by atoms with Crippen molar-refractivity contribution in [2.45, 2.75) is 0 Å². The zero-order valence-corrected chi connectivity index (χ0v) is 30.4. The van der Waals surface area contributed by atoms with Crippen LogP contribution in [0.5, 0.6) is 0 Å². The Kier molecular flexibility index (Phi) is 7.66. The van der Waals surface area contributed by atoms with E-state index in [4.69, 9.17) is 0 Å². The standard InChI is InChI=1S/C50H33BrN2/c51-36-25-28-42-45(31-36)49(34-15-5-1-6-16-34)43-29-26-39(33-46(43)50(42)35-17-7-2-8-18-35)52(37-19-9-3-10-20-37)40-27-30-48-44(32-40)41-23-13-14-24-47(41)53(48)38-21-11-4-12-22-38/h1-33H. The van der Waals surface area contributed by atoms with E-state index in [0.29, 0.717) is 0 Å². The molecule has 0 saturated heterocycles. The summed E-state index contributed by atoms with van der Waals surface area (Å²) in [7, 11) is 0. The second kappa shape index (κ2) is 13.0. The highest BCUT2D eigenvalue weighted by molar-refractivity contribution is 9.10. The molecule has 9 aromatic carbocycles. The molecule has 0 N–H and O–H groups in total. The van der Waals surface area contributed by atoms with Gasteiger partial charge in [0.2, 0.25) is 0 Å². The summed E-state index contributed by atoms with van der Waals surface area (Å²) in [5.74, 6) is 0. The Morgan fingerprint density at radius 1 is 0.340 bits per heavy atom. The summed E-state index contributed by atoms with van der Waals surface area (Å²) in [6, 6.07) is 72.4. The lowest BCUT2D eigenvalue weighted by Gasteiger charge is -2.27. The maximum Gasteiger partial charge on any atom is 0.0542 e. The van der Waals surface area contributed by atoms with Crippen molar-refractivity contribution in [1.29, 1.82) is 0 Å². The van der Waals surface area contributed by atoms with Crippen LogP contribution in [0.2, 0.25) is 0 Å². The summed E-state index contributed by atoms with van der Waals surface area (Å²) in [4.78, 5) is 2.40. The fourth-order valence-corrected chi connectivity index (χ4v) is 8.50. The van der Waals surface area contributed by atoms with Crippen LogP contribution in [0.3, 0.4) is 0 Å². The second-order valence-corrected chi connectivity index (χ2v) is 14.4. The van der Waals surface area contributed by atoms with E-state index in [1.54, 1.807) is 0 Å². The van der Waals surface area contributed by atoms with Crippen LogP contribution in [0.15, 0.2) is 205 Å². The molecular weight excluding hydrogens is 708 g/mol. The van der Waals surface area contributed by atoms with Crippen molar-refractivity contribution in [3.05, 3.63) is 205 Å². The predicted molar refractivity (Wildman–Crippen MR) is 229 cm³/mol. The Labute approximate surface area is 316 Å². The predicted octanol–water partition coefficient (Wildman–Crippen LogP) is 14.7. The zero-order valence-electron chi connectivity index (χ0n) is 28.8. The number of hydrogen-bond acceptors (Lipinski definition) is 1. The van der Waals surface area contributed by atoms with Crippen molar-refractivity contribution in [3.63, 3.8) is 0 Å². The van der Waals surface area contributed by atoms with Crippen LogP contribution in [0.25, 0.3) is 71.3 Å². The van der Waals surface area contributed by atoms with Crippen molar-refractivity contribution >= 4 is 76.3 Å². The van der Waals surface area contributed by atoms with Crippen LogP contribution in [0.1, 0.15) is 0 Å². The monoisotopic (exact) mass is 740 g/mol. The van der Waals surface area contributed by atoms with E-state index in [2.05, 4.69) is 226 Å². The first-order valence-electron chi connectivity index (χ1n) is 18.0. The highest BCUT2D eigenvalue weighted by atomic mass is 79.9. The fourth-order valence-electron chi connectivity index (χ4n) is 8.14. The summed E-state index contributed by atoms with van der Waals surface area (Å²) in [6.07, 6.45) is 0. The number of anilines is 3. The molecule has 0 aliphatic carbocycles. The summed E-state index contributed by atoms with van der Waals surface area (Å²) in [5.41, 5.74) is 11.7. The molecule has 0 spiro atoms. The summed E-state index contributed by atoms with van der Waals surface area (Å²) in [5, 5.41) is 7.34. The Morgan fingerprint density at radius 3 is 1.49 bits per heavy atom. The number of nitrogens with zero attached hydrogens (tertiary/aromatic N) is 2. The SMILES string of the molecule is Brc1ccc2c(-c3ccccc3)c3cc(N(c4ccccc4)c4ccc5c(c4)c4ccccc4n5-c4ccccc4)ccc3c(-c3ccccc3)c2c1. The first kappa shape index (κ1) is 31.3. The van der Waals surface area contributed by atoms with Gasteiger partial charge in [-0.15, -0.1) is 0 Å². The van der Waals surface area contributed by atoms with E-state index in [9.17, 15) is 0 Å². The van der Waals surface area contributed by atoms with Crippen molar-refractivity contribution in [1.82, 2.24) is 4.57 Å². The minimum atomic E-state index is 1.07. The molecule has 0 radical (unpaired) electrons. The number of halogens is 1. The maximum atomic E-state index is 3.81. The van der Waals surface area contributed by atoms with E-state index in [-0.39, 0.29) is 0 Å². The topological polar surface area (TPSA) is 8.17 Å². The van der Waals surface area contributed by atoms with Gasteiger partial charge >= 0.3 is 0 Å². The molecular formula is C50H33BrN2. The zero-order chi connectivity index (χ0) is 35.3. The van der Waals surface area contributed by atoms with Gasteiger partial charge in [0.25, 0.3) is 0 Å². The lowest BCUT2D eigenvalue weighted by atomic mass is 9.85. The third-order valence-electron chi connectivity index (χ3n) is 10.4.